The molecule has 0 bridgehead atoms. The molecule has 3 rings (SSSR count). The van der Waals surface area contributed by atoms with Crippen LogP contribution in [0.5, 0.6) is 5.75 Å². The predicted molar refractivity (Wildman–Crippen MR) is 123 cm³/mol. The Hall–Kier alpha value is -1.63. The van der Waals surface area contributed by atoms with Crippen molar-refractivity contribution in [2.75, 3.05) is 38.6 Å². The van der Waals surface area contributed by atoms with E-state index in [0.717, 1.165) is 48.5 Å². The molecule has 0 unspecified atom stereocenters. The zero-order chi connectivity index (χ0) is 19.8. The topological polar surface area (TPSA) is 27.7 Å². The highest BCUT2D eigenvalue weighted by Gasteiger charge is 2.17. The van der Waals surface area contributed by atoms with E-state index in [4.69, 9.17) is 17.0 Å². The van der Waals surface area contributed by atoms with Crippen LogP contribution in [0.15, 0.2) is 41.8 Å². The average Bonchev–Trinajstić information content (AvgIpc) is 3.22. The molecular weight excluding hydrogens is 386 g/mol. The maximum Gasteiger partial charge on any atom is 0.173 e. The number of ether oxygens (including phenoxy) is 1. The van der Waals surface area contributed by atoms with Crippen molar-refractivity contribution in [3.63, 3.8) is 0 Å². The zero-order valence-electron chi connectivity index (χ0n) is 16.9. The van der Waals surface area contributed by atoms with Crippen LogP contribution in [-0.4, -0.2) is 48.2 Å². The molecule has 1 saturated heterocycles. The van der Waals surface area contributed by atoms with Gasteiger partial charge >= 0.3 is 0 Å². The van der Waals surface area contributed by atoms with E-state index in [2.05, 4.69) is 39.6 Å². The van der Waals surface area contributed by atoms with Gasteiger partial charge in [-0.2, -0.15) is 0 Å². The van der Waals surface area contributed by atoms with Gasteiger partial charge in [0.2, 0.25) is 0 Å². The Bertz CT molecular complexity index is 727. The summed E-state index contributed by atoms with van der Waals surface area (Å²) in [6, 6.07) is 12.2. The number of nitrogens with zero attached hydrogens (tertiary/aromatic N) is 2. The van der Waals surface area contributed by atoms with Crippen molar-refractivity contribution in [3.8, 4) is 5.75 Å². The Kier molecular flexibility index (Phi) is 8.13. The van der Waals surface area contributed by atoms with E-state index in [-0.39, 0.29) is 0 Å². The third kappa shape index (κ3) is 6.19. The molecule has 6 heteroatoms. The molecule has 4 nitrogen and oxygen atoms in total. The number of thiophene rings is 1. The first-order chi connectivity index (χ1) is 13.7. The Labute approximate surface area is 178 Å². The monoisotopic (exact) mass is 417 g/mol. The van der Waals surface area contributed by atoms with Crippen molar-refractivity contribution < 1.29 is 4.74 Å². The summed E-state index contributed by atoms with van der Waals surface area (Å²) >= 11 is 7.55. The van der Waals surface area contributed by atoms with Crippen LogP contribution in [0.2, 0.25) is 0 Å². The first-order valence-electron chi connectivity index (χ1n) is 10.1. The number of benzene rings is 1. The molecule has 0 spiro atoms. The number of likely N-dealkylation sites (tertiary alicyclic amines) is 1. The molecule has 1 N–H and O–H groups in total. The standard InChI is InChI=1S/C22H31N3OS2/c1-18-10-14-24(15-11-18)12-6-13-25(17-19-7-5-16-28-19)22(27)23-20-8-3-4-9-21(20)26-2/h3-5,7-9,16,18H,6,10-15,17H2,1-2H3,(H,23,27). The summed E-state index contributed by atoms with van der Waals surface area (Å²) < 4.78 is 5.46. The van der Waals surface area contributed by atoms with E-state index < -0.39 is 0 Å². The van der Waals surface area contributed by atoms with Crippen molar-refractivity contribution >= 4 is 34.4 Å². The van der Waals surface area contributed by atoms with Gasteiger partial charge in [0, 0.05) is 11.4 Å². The van der Waals surface area contributed by atoms with Gasteiger partial charge in [-0.3, -0.25) is 0 Å². The number of anilines is 1. The van der Waals surface area contributed by atoms with Crippen LogP contribution in [0.3, 0.4) is 0 Å². The van der Waals surface area contributed by atoms with Gasteiger partial charge in [-0.25, -0.2) is 0 Å². The lowest BCUT2D eigenvalue weighted by atomic mass is 9.99. The molecule has 2 aromatic rings. The highest BCUT2D eigenvalue weighted by Crippen LogP contribution is 2.24. The summed E-state index contributed by atoms with van der Waals surface area (Å²) in [6.45, 7) is 7.76. The fraction of sp³-hybridized carbons (Fsp3) is 0.500. The lowest BCUT2D eigenvalue weighted by Crippen LogP contribution is -2.38. The highest BCUT2D eigenvalue weighted by atomic mass is 32.1. The second-order valence-corrected chi connectivity index (χ2v) is 8.93. The molecule has 0 radical (unpaired) electrons. The van der Waals surface area contributed by atoms with Gasteiger partial charge in [0.15, 0.2) is 5.11 Å². The maximum absolute atomic E-state index is 5.77. The second-order valence-electron chi connectivity index (χ2n) is 7.51. The molecule has 2 heterocycles. The molecule has 1 aromatic heterocycles. The van der Waals surface area contributed by atoms with Crippen LogP contribution < -0.4 is 10.1 Å². The summed E-state index contributed by atoms with van der Waals surface area (Å²) in [5, 5.41) is 6.27. The molecule has 1 aromatic carbocycles. The molecule has 1 fully saturated rings. The third-order valence-electron chi connectivity index (χ3n) is 5.34. The van der Waals surface area contributed by atoms with E-state index in [1.54, 1.807) is 18.4 Å². The van der Waals surface area contributed by atoms with Crippen molar-refractivity contribution in [1.29, 1.82) is 0 Å². The maximum atomic E-state index is 5.77. The van der Waals surface area contributed by atoms with E-state index in [1.165, 1.54) is 30.8 Å². The molecule has 0 amide bonds. The number of hydrogen-bond donors (Lipinski definition) is 1. The Balaban J connectivity index is 1.58. The van der Waals surface area contributed by atoms with Gasteiger partial charge in [-0.05, 0) is 80.6 Å². The zero-order valence-corrected chi connectivity index (χ0v) is 18.5. The summed E-state index contributed by atoms with van der Waals surface area (Å²) in [4.78, 5) is 6.20. The second kappa shape index (κ2) is 10.8. The molecule has 1 aliphatic rings. The van der Waals surface area contributed by atoms with Crippen LogP contribution in [-0.2, 0) is 6.54 Å². The molecule has 0 saturated carbocycles. The van der Waals surface area contributed by atoms with Crippen LogP contribution in [0.25, 0.3) is 0 Å². The Morgan fingerprint density at radius 3 is 2.75 bits per heavy atom. The van der Waals surface area contributed by atoms with E-state index in [1.807, 2.05) is 24.3 Å². The lowest BCUT2D eigenvalue weighted by molar-refractivity contribution is 0.186. The quantitative estimate of drug-likeness (QED) is 0.605. The van der Waals surface area contributed by atoms with Crippen molar-refractivity contribution in [2.45, 2.75) is 32.7 Å². The normalized spacial score (nSPS) is 15.4. The first-order valence-corrected chi connectivity index (χ1v) is 11.4. The Morgan fingerprint density at radius 2 is 2.04 bits per heavy atom. The van der Waals surface area contributed by atoms with Crippen molar-refractivity contribution in [1.82, 2.24) is 9.80 Å². The number of hydrogen-bond acceptors (Lipinski definition) is 4. The molecule has 28 heavy (non-hydrogen) atoms. The fourth-order valence-corrected chi connectivity index (χ4v) is 4.54. The van der Waals surface area contributed by atoms with E-state index >= 15 is 0 Å². The smallest absolute Gasteiger partial charge is 0.173 e. The number of thiocarbonyl (C=S) groups is 1. The average molecular weight is 418 g/mol. The summed E-state index contributed by atoms with van der Waals surface area (Å²) in [6.07, 6.45) is 3.77. The van der Waals surface area contributed by atoms with Crippen molar-refractivity contribution in [3.05, 3.63) is 46.7 Å². The summed E-state index contributed by atoms with van der Waals surface area (Å²) in [5.74, 6) is 1.69. The van der Waals surface area contributed by atoms with Crippen LogP contribution in [0, 0.1) is 5.92 Å². The number of methoxy groups -OCH3 is 1. The summed E-state index contributed by atoms with van der Waals surface area (Å²) in [7, 11) is 1.69. The minimum absolute atomic E-state index is 0.755. The van der Waals surface area contributed by atoms with Crippen LogP contribution >= 0.6 is 23.6 Å². The van der Waals surface area contributed by atoms with Crippen LogP contribution in [0.4, 0.5) is 5.69 Å². The number of para-hydroxylation sites is 2. The van der Waals surface area contributed by atoms with E-state index in [0.29, 0.717) is 0 Å². The van der Waals surface area contributed by atoms with Gasteiger partial charge in [0.25, 0.3) is 0 Å². The molecule has 152 valence electrons. The van der Waals surface area contributed by atoms with Crippen LogP contribution in [0.1, 0.15) is 31.1 Å². The van der Waals surface area contributed by atoms with Crippen molar-refractivity contribution in [2.24, 2.45) is 5.92 Å². The SMILES string of the molecule is COc1ccccc1NC(=S)N(CCCN1CCC(C)CC1)Cc1cccs1. The van der Waals surface area contributed by atoms with Gasteiger partial charge in [0.05, 0.1) is 19.3 Å². The molecular formula is C22H31N3OS2. The van der Waals surface area contributed by atoms with E-state index in [9.17, 15) is 0 Å². The summed E-state index contributed by atoms with van der Waals surface area (Å²) in [5.41, 5.74) is 0.913. The van der Waals surface area contributed by atoms with Gasteiger partial charge in [-0.15, -0.1) is 11.3 Å². The highest BCUT2D eigenvalue weighted by molar-refractivity contribution is 7.80. The molecule has 0 aliphatic carbocycles. The third-order valence-corrected chi connectivity index (χ3v) is 6.56. The predicted octanol–water partition coefficient (Wildman–Crippen LogP) is 5.08. The van der Waals surface area contributed by atoms with Gasteiger partial charge in [0.1, 0.15) is 5.75 Å². The molecule has 1 aliphatic heterocycles. The number of nitrogens with one attached hydrogen (secondary N) is 1. The largest absolute Gasteiger partial charge is 0.495 e. The Morgan fingerprint density at radius 1 is 1.25 bits per heavy atom. The minimum Gasteiger partial charge on any atom is -0.495 e. The number of piperidine rings is 1. The number of rotatable bonds is 8. The lowest BCUT2D eigenvalue weighted by Gasteiger charge is -2.31. The van der Waals surface area contributed by atoms with Gasteiger partial charge in [-0.1, -0.05) is 25.1 Å². The first kappa shape index (κ1) is 21.1. The fourth-order valence-electron chi connectivity index (χ4n) is 3.56. The minimum atomic E-state index is 0.755. The molecule has 0 atom stereocenters. The van der Waals surface area contributed by atoms with Gasteiger partial charge < -0.3 is 19.9 Å².